The molecule has 0 saturated carbocycles. The molecule has 1 heterocycles. The summed E-state index contributed by atoms with van der Waals surface area (Å²) in [6, 6.07) is 8.35. The Bertz CT molecular complexity index is 598. The molecule has 0 aliphatic rings. The average molecular weight is 258 g/mol. The van der Waals surface area contributed by atoms with Crippen molar-refractivity contribution >= 4 is 5.69 Å². The van der Waals surface area contributed by atoms with Gasteiger partial charge in [0.05, 0.1) is 17.9 Å². The molecule has 2 rings (SSSR count). The van der Waals surface area contributed by atoms with E-state index in [1.165, 1.54) is 6.07 Å². The van der Waals surface area contributed by atoms with E-state index in [1.807, 2.05) is 16.8 Å². The van der Waals surface area contributed by atoms with E-state index in [-0.39, 0.29) is 5.56 Å². The van der Waals surface area contributed by atoms with E-state index in [1.54, 1.807) is 18.3 Å². The predicted octanol–water partition coefficient (Wildman–Crippen LogP) is 2.92. The van der Waals surface area contributed by atoms with Crippen LogP contribution < -0.4 is 5.32 Å². The van der Waals surface area contributed by atoms with Crippen LogP contribution in [0.5, 0.6) is 0 Å². The second-order valence-electron chi connectivity index (χ2n) is 4.17. The number of nitrogens with one attached hydrogen (secondary N) is 1. The van der Waals surface area contributed by atoms with Crippen LogP contribution in [0.15, 0.2) is 30.5 Å². The first-order chi connectivity index (χ1) is 9.26. The summed E-state index contributed by atoms with van der Waals surface area (Å²) < 4.78 is 15.3. The maximum Gasteiger partial charge on any atom is 0.143 e. The Kier molecular flexibility index (Phi) is 4.14. The Balaban J connectivity index is 2.13. The summed E-state index contributed by atoms with van der Waals surface area (Å²) in [6.07, 6.45) is 2.74. The molecule has 0 unspecified atom stereocenters. The van der Waals surface area contributed by atoms with Gasteiger partial charge in [-0.15, -0.1) is 0 Å². The zero-order valence-electron chi connectivity index (χ0n) is 10.7. The lowest BCUT2D eigenvalue weighted by molar-refractivity contribution is 0.578. The Morgan fingerprint density at radius 3 is 3.00 bits per heavy atom. The highest BCUT2D eigenvalue weighted by Crippen LogP contribution is 2.18. The standard InChI is InChI=1S/C14H15FN4/c1-2-8-19-11(6-7-18-19)10-17-14-5-3-4-13(15)12(14)9-16/h3-7,17H,2,8,10H2,1H3. The van der Waals surface area contributed by atoms with Gasteiger partial charge in [-0.2, -0.15) is 10.4 Å². The van der Waals surface area contributed by atoms with Crippen molar-refractivity contribution in [2.45, 2.75) is 26.4 Å². The molecule has 0 aliphatic carbocycles. The monoisotopic (exact) mass is 258 g/mol. The number of nitrogens with zero attached hydrogens (tertiary/aromatic N) is 3. The van der Waals surface area contributed by atoms with Gasteiger partial charge in [-0.05, 0) is 24.6 Å². The summed E-state index contributed by atoms with van der Waals surface area (Å²) in [7, 11) is 0. The first-order valence-electron chi connectivity index (χ1n) is 6.19. The van der Waals surface area contributed by atoms with Crippen LogP contribution in [0.1, 0.15) is 24.6 Å². The number of aryl methyl sites for hydroxylation is 1. The van der Waals surface area contributed by atoms with Crippen LogP contribution in [0, 0.1) is 17.1 Å². The lowest BCUT2D eigenvalue weighted by Gasteiger charge is -2.10. The molecular formula is C14H15FN4. The van der Waals surface area contributed by atoms with Crippen LogP contribution in [0.3, 0.4) is 0 Å². The zero-order valence-corrected chi connectivity index (χ0v) is 10.7. The SMILES string of the molecule is CCCn1nccc1CNc1cccc(F)c1C#N. The maximum atomic E-state index is 13.4. The molecule has 0 saturated heterocycles. The smallest absolute Gasteiger partial charge is 0.143 e. The first-order valence-corrected chi connectivity index (χ1v) is 6.19. The normalized spacial score (nSPS) is 10.2. The van der Waals surface area contributed by atoms with Gasteiger partial charge < -0.3 is 5.32 Å². The molecule has 1 N–H and O–H groups in total. The predicted molar refractivity (Wildman–Crippen MR) is 71.0 cm³/mol. The minimum atomic E-state index is -0.505. The highest BCUT2D eigenvalue weighted by molar-refractivity contribution is 5.57. The van der Waals surface area contributed by atoms with Crippen LogP contribution >= 0.6 is 0 Å². The summed E-state index contributed by atoms with van der Waals surface area (Å²) in [5.74, 6) is -0.505. The number of hydrogen-bond acceptors (Lipinski definition) is 3. The summed E-state index contributed by atoms with van der Waals surface area (Å²) in [6.45, 7) is 3.44. The van der Waals surface area contributed by atoms with E-state index in [2.05, 4.69) is 17.3 Å². The molecule has 0 amide bonds. The largest absolute Gasteiger partial charge is 0.378 e. The second kappa shape index (κ2) is 6.01. The minimum Gasteiger partial charge on any atom is -0.378 e. The fraction of sp³-hybridized carbons (Fsp3) is 0.286. The number of aromatic nitrogens is 2. The van der Waals surface area contributed by atoms with Gasteiger partial charge in [-0.1, -0.05) is 13.0 Å². The maximum absolute atomic E-state index is 13.4. The number of benzene rings is 1. The van der Waals surface area contributed by atoms with Gasteiger partial charge in [0.25, 0.3) is 0 Å². The zero-order chi connectivity index (χ0) is 13.7. The fourth-order valence-electron chi connectivity index (χ4n) is 1.89. The lowest BCUT2D eigenvalue weighted by Crippen LogP contribution is -2.09. The van der Waals surface area contributed by atoms with Crippen molar-refractivity contribution < 1.29 is 4.39 Å². The Morgan fingerprint density at radius 2 is 2.26 bits per heavy atom. The topological polar surface area (TPSA) is 53.6 Å². The van der Waals surface area contributed by atoms with Crippen molar-refractivity contribution in [1.29, 1.82) is 5.26 Å². The minimum absolute atomic E-state index is 0.0454. The molecule has 19 heavy (non-hydrogen) atoms. The third-order valence-electron chi connectivity index (χ3n) is 2.83. The van der Waals surface area contributed by atoms with Crippen molar-refractivity contribution in [3.63, 3.8) is 0 Å². The summed E-state index contributed by atoms with van der Waals surface area (Å²) >= 11 is 0. The molecule has 0 aliphatic heterocycles. The molecule has 1 aromatic heterocycles. The van der Waals surface area contributed by atoms with E-state index in [4.69, 9.17) is 5.26 Å². The number of hydrogen-bond donors (Lipinski definition) is 1. The van der Waals surface area contributed by atoms with E-state index in [0.717, 1.165) is 18.7 Å². The summed E-state index contributed by atoms with van der Waals surface area (Å²) in [5, 5.41) is 16.2. The van der Waals surface area contributed by atoms with E-state index < -0.39 is 5.82 Å². The van der Waals surface area contributed by atoms with E-state index >= 15 is 0 Å². The second-order valence-corrected chi connectivity index (χ2v) is 4.17. The Labute approximate surface area is 111 Å². The van der Waals surface area contributed by atoms with Gasteiger partial charge in [0.15, 0.2) is 0 Å². The van der Waals surface area contributed by atoms with E-state index in [0.29, 0.717) is 12.2 Å². The molecule has 4 nitrogen and oxygen atoms in total. The number of halogens is 1. The van der Waals surface area contributed by atoms with Gasteiger partial charge in [0, 0.05) is 12.7 Å². The van der Waals surface area contributed by atoms with Gasteiger partial charge in [-0.3, -0.25) is 4.68 Å². The van der Waals surface area contributed by atoms with Crippen LogP contribution in [-0.2, 0) is 13.1 Å². The highest BCUT2D eigenvalue weighted by atomic mass is 19.1. The van der Waals surface area contributed by atoms with Gasteiger partial charge in [0.2, 0.25) is 0 Å². The van der Waals surface area contributed by atoms with Gasteiger partial charge >= 0.3 is 0 Å². The van der Waals surface area contributed by atoms with Crippen LogP contribution in [-0.4, -0.2) is 9.78 Å². The Hall–Kier alpha value is -2.35. The molecule has 0 fully saturated rings. The molecule has 98 valence electrons. The van der Waals surface area contributed by atoms with Crippen molar-refractivity contribution in [2.75, 3.05) is 5.32 Å². The van der Waals surface area contributed by atoms with Crippen molar-refractivity contribution in [2.24, 2.45) is 0 Å². The first kappa shape index (κ1) is 13.1. The third kappa shape index (κ3) is 2.91. The Morgan fingerprint density at radius 1 is 1.42 bits per heavy atom. The van der Waals surface area contributed by atoms with Crippen molar-refractivity contribution in [3.8, 4) is 6.07 Å². The van der Waals surface area contributed by atoms with Gasteiger partial charge in [-0.25, -0.2) is 4.39 Å². The number of anilines is 1. The molecule has 0 bridgehead atoms. The quantitative estimate of drug-likeness (QED) is 0.897. The van der Waals surface area contributed by atoms with E-state index in [9.17, 15) is 4.39 Å². The average Bonchev–Trinajstić information content (AvgIpc) is 2.84. The summed E-state index contributed by atoms with van der Waals surface area (Å²) in [4.78, 5) is 0. The van der Waals surface area contributed by atoms with Gasteiger partial charge in [0.1, 0.15) is 17.4 Å². The fourth-order valence-corrected chi connectivity index (χ4v) is 1.89. The molecule has 2 aromatic rings. The molecular weight excluding hydrogens is 243 g/mol. The highest BCUT2D eigenvalue weighted by Gasteiger charge is 2.08. The molecule has 0 radical (unpaired) electrons. The van der Waals surface area contributed by atoms with Crippen molar-refractivity contribution in [1.82, 2.24) is 9.78 Å². The lowest BCUT2D eigenvalue weighted by atomic mass is 10.2. The molecule has 1 aromatic carbocycles. The van der Waals surface area contributed by atoms with Crippen LogP contribution in [0.25, 0.3) is 0 Å². The molecule has 5 heteroatoms. The summed E-state index contributed by atoms with van der Waals surface area (Å²) in [5.41, 5.74) is 1.56. The van der Waals surface area contributed by atoms with Crippen LogP contribution in [0.2, 0.25) is 0 Å². The van der Waals surface area contributed by atoms with Crippen molar-refractivity contribution in [3.05, 3.63) is 47.5 Å². The van der Waals surface area contributed by atoms with Crippen LogP contribution in [0.4, 0.5) is 10.1 Å². The number of rotatable bonds is 5. The molecule has 0 spiro atoms. The molecule has 0 atom stereocenters. The third-order valence-corrected chi connectivity index (χ3v) is 2.83. The number of nitriles is 1.